The maximum atomic E-state index is 9.98. The van der Waals surface area contributed by atoms with Crippen molar-refractivity contribution in [3.63, 3.8) is 0 Å². The van der Waals surface area contributed by atoms with Crippen molar-refractivity contribution >= 4 is 0 Å². The van der Waals surface area contributed by atoms with Gasteiger partial charge in [0.1, 0.15) is 0 Å². The highest BCUT2D eigenvalue weighted by atomic mass is 16.5. The van der Waals surface area contributed by atoms with Crippen LogP contribution in [0.1, 0.15) is 53.9 Å². The number of rotatable bonds is 7. The molecule has 0 heterocycles. The van der Waals surface area contributed by atoms with Gasteiger partial charge in [0.2, 0.25) is 0 Å². The summed E-state index contributed by atoms with van der Waals surface area (Å²) in [4.78, 5) is 0. The topological polar surface area (TPSA) is 29.5 Å². The Kier molecular flexibility index (Phi) is 6.38. The van der Waals surface area contributed by atoms with E-state index >= 15 is 0 Å². The summed E-state index contributed by atoms with van der Waals surface area (Å²) in [5.74, 6) is 0.578. The molecule has 0 aromatic carbocycles. The summed E-state index contributed by atoms with van der Waals surface area (Å²) < 4.78 is 5.52. The molecule has 0 aromatic rings. The Balaban J connectivity index is 3.98. The molecular formula is C12H26O2. The van der Waals surface area contributed by atoms with E-state index in [1.165, 1.54) is 12.8 Å². The minimum Gasteiger partial charge on any atom is -0.390 e. The lowest BCUT2D eigenvalue weighted by atomic mass is 9.90. The first-order valence-electron chi connectivity index (χ1n) is 5.76. The zero-order valence-corrected chi connectivity index (χ0v) is 10.3. The fourth-order valence-corrected chi connectivity index (χ4v) is 1.74. The lowest BCUT2D eigenvalue weighted by Gasteiger charge is -2.32. The van der Waals surface area contributed by atoms with Gasteiger partial charge in [-0.3, -0.25) is 0 Å². The minimum absolute atomic E-state index is 0.357. The molecule has 0 amide bonds. The summed E-state index contributed by atoms with van der Waals surface area (Å²) in [5, 5.41) is 9.98. The Morgan fingerprint density at radius 2 is 1.86 bits per heavy atom. The van der Waals surface area contributed by atoms with E-state index in [-0.39, 0.29) is 6.10 Å². The molecule has 2 heteroatoms. The zero-order valence-electron chi connectivity index (χ0n) is 10.3. The molecule has 0 bridgehead atoms. The third kappa shape index (κ3) is 4.97. The van der Waals surface area contributed by atoms with Crippen LogP contribution in [-0.2, 0) is 4.74 Å². The highest BCUT2D eigenvalue weighted by Crippen LogP contribution is 2.22. The van der Waals surface area contributed by atoms with E-state index < -0.39 is 5.60 Å². The van der Waals surface area contributed by atoms with Crippen molar-refractivity contribution in [3.05, 3.63) is 0 Å². The van der Waals surface area contributed by atoms with Gasteiger partial charge in [0.15, 0.2) is 0 Å². The average Bonchev–Trinajstić information content (AvgIpc) is 2.04. The van der Waals surface area contributed by atoms with Crippen molar-refractivity contribution in [2.24, 2.45) is 5.92 Å². The summed E-state index contributed by atoms with van der Waals surface area (Å²) >= 11 is 0. The van der Waals surface area contributed by atoms with Crippen LogP contribution in [0.2, 0.25) is 0 Å². The van der Waals surface area contributed by atoms with Crippen molar-refractivity contribution in [1.82, 2.24) is 0 Å². The van der Waals surface area contributed by atoms with Crippen LogP contribution in [0.15, 0.2) is 0 Å². The van der Waals surface area contributed by atoms with Gasteiger partial charge in [0, 0.05) is 6.61 Å². The van der Waals surface area contributed by atoms with E-state index in [0.29, 0.717) is 12.5 Å². The summed E-state index contributed by atoms with van der Waals surface area (Å²) in [7, 11) is 0. The van der Waals surface area contributed by atoms with E-state index in [0.717, 1.165) is 6.42 Å². The normalized spacial score (nSPS) is 16.7. The molecule has 0 saturated heterocycles. The molecular weight excluding hydrogens is 176 g/mol. The van der Waals surface area contributed by atoms with Crippen LogP contribution in [-0.4, -0.2) is 23.4 Å². The molecule has 0 spiro atoms. The second-order valence-corrected chi connectivity index (χ2v) is 4.68. The molecule has 2 nitrogen and oxygen atoms in total. The van der Waals surface area contributed by atoms with Gasteiger partial charge in [-0.1, -0.05) is 26.7 Å². The van der Waals surface area contributed by atoms with Crippen molar-refractivity contribution in [1.29, 1.82) is 0 Å². The molecule has 0 rings (SSSR count). The van der Waals surface area contributed by atoms with Gasteiger partial charge in [-0.25, -0.2) is 0 Å². The number of aliphatic hydroxyl groups excluding tert-OH is 1. The number of ether oxygens (including phenoxy) is 1. The highest BCUT2D eigenvalue weighted by Gasteiger charge is 2.29. The fraction of sp³-hybridized carbons (Fsp3) is 1.00. The third-order valence-electron chi connectivity index (χ3n) is 2.73. The lowest BCUT2D eigenvalue weighted by molar-refractivity contribution is -0.103. The number of hydrogen-bond donors (Lipinski definition) is 1. The molecule has 0 aliphatic heterocycles. The molecule has 86 valence electrons. The van der Waals surface area contributed by atoms with Crippen molar-refractivity contribution in [2.45, 2.75) is 65.6 Å². The Labute approximate surface area is 88.7 Å². The van der Waals surface area contributed by atoms with Gasteiger partial charge >= 0.3 is 0 Å². The molecule has 1 N–H and O–H groups in total. The van der Waals surface area contributed by atoms with Crippen LogP contribution in [0.3, 0.4) is 0 Å². The molecule has 0 aliphatic carbocycles. The SMILES string of the molecule is CCCC(C)CC(O)C(C)(C)OCC. The smallest absolute Gasteiger partial charge is 0.0884 e. The average molecular weight is 202 g/mol. The quantitative estimate of drug-likeness (QED) is 0.687. The summed E-state index contributed by atoms with van der Waals surface area (Å²) in [5.41, 5.74) is -0.406. The predicted molar refractivity (Wildman–Crippen MR) is 60.4 cm³/mol. The molecule has 0 fully saturated rings. The molecule has 0 saturated carbocycles. The second-order valence-electron chi connectivity index (χ2n) is 4.68. The van der Waals surface area contributed by atoms with E-state index in [1.54, 1.807) is 0 Å². The summed E-state index contributed by atoms with van der Waals surface area (Å²) in [6.07, 6.45) is 2.84. The maximum absolute atomic E-state index is 9.98. The summed E-state index contributed by atoms with van der Waals surface area (Å²) in [6, 6.07) is 0. The first-order valence-corrected chi connectivity index (χ1v) is 5.76. The van der Waals surface area contributed by atoms with Crippen LogP contribution < -0.4 is 0 Å². The van der Waals surface area contributed by atoms with Gasteiger partial charge < -0.3 is 9.84 Å². The Morgan fingerprint density at radius 3 is 2.29 bits per heavy atom. The number of aliphatic hydroxyl groups is 1. The van der Waals surface area contributed by atoms with Gasteiger partial charge in [0.25, 0.3) is 0 Å². The number of hydrogen-bond acceptors (Lipinski definition) is 2. The Bertz CT molecular complexity index is 143. The van der Waals surface area contributed by atoms with E-state index in [2.05, 4.69) is 13.8 Å². The van der Waals surface area contributed by atoms with Crippen LogP contribution in [0, 0.1) is 5.92 Å². The van der Waals surface area contributed by atoms with Crippen LogP contribution >= 0.6 is 0 Å². The van der Waals surface area contributed by atoms with Crippen LogP contribution in [0.4, 0.5) is 0 Å². The first-order chi connectivity index (χ1) is 6.44. The standard InChI is InChI=1S/C12H26O2/c1-6-8-10(3)9-11(13)12(4,5)14-7-2/h10-11,13H,6-9H2,1-5H3. The molecule has 0 aromatic heterocycles. The van der Waals surface area contributed by atoms with Crippen LogP contribution in [0.5, 0.6) is 0 Å². The Hall–Kier alpha value is -0.0800. The van der Waals surface area contributed by atoms with Gasteiger partial charge in [0.05, 0.1) is 11.7 Å². The molecule has 2 unspecified atom stereocenters. The molecule has 0 radical (unpaired) electrons. The molecule has 2 atom stereocenters. The van der Waals surface area contributed by atoms with E-state index in [4.69, 9.17) is 4.74 Å². The van der Waals surface area contributed by atoms with E-state index in [1.807, 2.05) is 20.8 Å². The van der Waals surface area contributed by atoms with Gasteiger partial charge in [-0.05, 0) is 33.1 Å². The van der Waals surface area contributed by atoms with Crippen molar-refractivity contribution < 1.29 is 9.84 Å². The highest BCUT2D eigenvalue weighted by molar-refractivity contribution is 4.80. The lowest BCUT2D eigenvalue weighted by Crippen LogP contribution is -2.40. The monoisotopic (exact) mass is 202 g/mol. The summed E-state index contributed by atoms with van der Waals surface area (Å²) in [6.45, 7) is 10.9. The third-order valence-corrected chi connectivity index (χ3v) is 2.73. The first kappa shape index (κ1) is 13.9. The van der Waals surface area contributed by atoms with Gasteiger partial charge in [-0.2, -0.15) is 0 Å². The predicted octanol–water partition coefficient (Wildman–Crippen LogP) is 2.99. The minimum atomic E-state index is -0.406. The fourth-order valence-electron chi connectivity index (χ4n) is 1.74. The van der Waals surface area contributed by atoms with Crippen LogP contribution in [0.25, 0.3) is 0 Å². The largest absolute Gasteiger partial charge is 0.390 e. The molecule has 14 heavy (non-hydrogen) atoms. The van der Waals surface area contributed by atoms with Gasteiger partial charge in [-0.15, -0.1) is 0 Å². The maximum Gasteiger partial charge on any atom is 0.0884 e. The van der Waals surface area contributed by atoms with E-state index in [9.17, 15) is 5.11 Å². The van der Waals surface area contributed by atoms with Crippen molar-refractivity contribution in [2.75, 3.05) is 6.61 Å². The van der Waals surface area contributed by atoms with Crippen molar-refractivity contribution in [3.8, 4) is 0 Å². The second kappa shape index (κ2) is 6.41. The zero-order chi connectivity index (χ0) is 11.2. The molecule has 0 aliphatic rings. The Morgan fingerprint density at radius 1 is 1.29 bits per heavy atom.